The standard InChI is InChI=1S/C8H9N5/c1-7(2-9)5-12-13-6-8(3-10)4-11/h7-8H,5-6H2,1H3. The third-order valence-corrected chi connectivity index (χ3v) is 1.25. The minimum atomic E-state index is -0.735. The highest BCUT2D eigenvalue weighted by Crippen LogP contribution is 1.96. The topological polar surface area (TPSA) is 96.1 Å². The number of hydrogen-bond donors (Lipinski definition) is 0. The third kappa shape index (κ3) is 5.35. The van der Waals surface area contributed by atoms with E-state index < -0.39 is 5.92 Å². The van der Waals surface area contributed by atoms with Crippen molar-refractivity contribution in [3.8, 4) is 18.2 Å². The van der Waals surface area contributed by atoms with Crippen molar-refractivity contribution in [3.63, 3.8) is 0 Å². The maximum Gasteiger partial charge on any atom is 0.154 e. The molecule has 0 rings (SSSR count). The molecule has 0 aliphatic heterocycles. The minimum Gasteiger partial charge on any atom is -0.198 e. The van der Waals surface area contributed by atoms with Crippen molar-refractivity contribution in [1.82, 2.24) is 0 Å². The summed E-state index contributed by atoms with van der Waals surface area (Å²) in [6, 6.07) is 5.55. The Bertz CT molecular complexity index is 273. The van der Waals surface area contributed by atoms with Gasteiger partial charge in [0.15, 0.2) is 5.92 Å². The first kappa shape index (κ1) is 11.1. The van der Waals surface area contributed by atoms with Crippen LogP contribution in [0.2, 0.25) is 0 Å². The molecule has 1 unspecified atom stereocenters. The zero-order chi connectivity index (χ0) is 10.1. The van der Waals surface area contributed by atoms with Crippen LogP contribution in [0.4, 0.5) is 0 Å². The number of hydrogen-bond acceptors (Lipinski definition) is 5. The van der Waals surface area contributed by atoms with E-state index in [0.29, 0.717) is 6.54 Å². The summed E-state index contributed by atoms with van der Waals surface area (Å²) in [5, 5.41) is 32.4. The second kappa shape index (κ2) is 6.76. The fourth-order valence-corrected chi connectivity index (χ4v) is 0.471. The fourth-order valence-electron chi connectivity index (χ4n) is 0.471. The lowest BCUT2D eigenvalue weighted by atomic mass is 10.2. The average molecular weight is 175 g/mol. The quantitative estimate of drug-likeness (QED) is 0.601. The first-order valence-corrected chi connectivity index (χ1v) is 3.76. The smallest absolute Gasteiger partial charge is 0.154 e. The highest BCUT2D eigenvalue weighted by molar-refractivity contribution is 4.99. The summed E-state index contributed by atoms with van der Waals surface area (Å²) in [5.41, 5.74) is 0. The van der Waals surface area contributed by atoms with Crippen LogP contribution in [0.25, 0.3) is 0 Å². The summed E-state index contributed by atoms with van der Waals surface area (Å²) < 4.78 is 0. The maximum atomic E-state index is 8.38. The van der Waals surface area contributed by atoms with Gasteiger partial charge >= 0.3 is 0 Å². The summed E-state index contributed by atoms with van der Waals surface area (Å²) in [6.07, 6.45) is 0. The molecule has 13 heavy (non-hydrogen) atoms. The van der Waals surface area contributed by atoms with Gasteiger partial charge in [-0.1, -0.05) is 0 Å². The van der Waals surface area contributed by atoms with Gasteiger partial charge in [0.2, 0.25) is 0 Å². The van der Waals surface area contributed by atoms with Gasteiger partial charge in [0.25, 0.3) is 0 Å². The van der Waals surface area contributed by atoms with Crippen LogP contribution < -0.4 is 0 Å². The van der Waals surface area contributed by atoms with Crippen LogP contribution >= 0.6 is 0 Å². The van der Waals surface area contributed by atoms with Crippen molar-refractivity contribution in [3.05, 3.63) is 0 Å². The Balaban J connectivity index is 3.73. The largest absolute Gasteiger partial charge is 0.198 e. The van der Waals surface area contributed by atoms with E-state index in [2.05, 4.69) is 10.2 Å². The lowest BCUT2D eigenvalue weighted by Crippen LogP contribution is -1.98. The minimum absolute atomic E-state index is 0.0884. The number of nitriles is 3. The fraction of sp³-hybridized carbons (Fsp3) is 0.625. The molecule has 0 amide bonds. The van der Waals surface area contributed by atoms with E-state index in [4.69, 9.17) is 15.8 Å². The molecular weight excluding hydrogens is 166 g/mol. The molecule has 66 valence electrons. The van der Waals surface area contributed by atoms with Crippen LogP contribution in [-0.2, 0) is 0 Å². The van der Waals surface area contributed by atoms with Gasteiger partial charge in [0.1, 0.15) is 0 Å². The number of azo groups is 1. The van der Waals surface area contributed by atoms with Gasteiger partial charge in [-0.2, -0.15) is 26.0 Å². The molecule has 0 saturated carbocycles. The summed E-state index contributed by atoms with van der Waals surface area (Å²) in [5.74, 6) is -0.910. The summed E-state index contributed by atoms with van der Waals surface area (Å²) >= 11 is 0. The van der Waals surface area contributed by atoms with Gasteiger partial charge in [0, 0.05) is 0 Å². The SMILES string of the molecule is CC(C#N)CN=NCC(C#N)C#N. The number of rotatable bonds is 4. The highest BCUT2D eigenvalue weighted by atomic mass is 15.1. The lowest BCUT2D eigenvalue weighted by molar-refractivity contribution is 0.691. The van der Waals surface area contributed by atoms with Crippen LogP contribution in [0.5, 0.6) is 0 Å². The molecule has 0 heterocycles. The Morgan fingerprint density at radius 3 is 2.00 bits per heavy atom. The molecule has 0 spiro atoms. The molecule has 0 saturated heterocycles. The molecule has 0 radical (unpaired) electrons. The second-order valence-corrected chi connectivity index (χ2v) is 2.49. The molecule has 0 N–H and O–H groups in total. The van der Waals surface area contributed by atoms with Crippen molar-refractivity contribution in [2.45, 2.75) is 6.92 Å². The molecule has 0 aliphatic rings. The first-order valence-electron chi connectivity index (χ1n) is 3.76. The normalized spacial score (nSPS) is 11.9. The summed E-state index contributed by atoms with van der Waals surface area (Å²) in [4.78, 5) is 0. The van der Waals surface area contributed by atoms with Gasteiger partial charge in [-0.05, 0) is 6.92 Å². The third-order valence-electron chi connectivity index (χ3n) is 1.25. The van der Waals surface area contributed by atoms with E-state index >= 15 is 0 Å². The monoisotopic (exact) mass is 175 g/mol. The van der Waals surface area contributed by atoms with Crippen LogP contribution in [0.15, 0.2) is 10.2 Å². The van der Waals surface area contributed by atoms with Crippen molar-refractivity contribution in [2.24, 2.45) is 22.1 Å². The highest BCUT2D eigenvalue weighted by Gasteiger charge is 2.02. The molecule has 0 aromatic rings. The van der Waals surface area contributed by atoms with E-state index in [0.717, 1.165) is 0 Å². The van der Waals surface area contributed by atoms with Crippen LogP contribution in [-0.4, -0.2) is 13.1 Å². The van der Waals surface area contributed by atoms with Crippen molar-refractivity contribution in [2.75, 3.05) is 13.1 Å². The first-order chi connectivity index (χ1) is 6.24. The molecule has 0 bridgehead atoms. The Hall–Kier alpha value is -1.93. The van der Waals surface area contributed by atoms with Gasteiger partial charge in [-0.15, -0.1) is 0 Å². The lowest BCUT2D eigenvalue weighted by Gasteiger charge is -1.93. The summed E-state index contributed by atoms with van der Waals surface area (Å²) in [6.45, 7) is 2.14. The Morgan fingerprint density at radius 2 is 1.54 bits per heavy atom. The summed E-state index contributed by atoms with van der Waals surface area (Å²) in [7, 11) is 0. The Labute approximate surface area is 76.9 Å². The maximum absolute atomic E-state index is 8.38. The number of nitrogens with zero attached hydrogens (tertiary/aromatic N) is 5. The van der Waals surface area contributed by atoms with Crippen LogP contribution in [0.3, 0.4) is 0 Å². The predicted molar refractivity (Wildman–Crippen MR) is 44.1 cm³/mol. The molecule has 5 nitrogen and oxygen atoms in total. The van der Waals surface area contributed by atoms with Crippen molar-refractivity contribution in [1.29, 1.82) is 15.8 Å². The molecule has 5 heteroatoms. The van der Waals surface area contributed by atoms with E-state index in [9.17, 15) is 0 Å². The zero-order valence-corrected chi connectivity index (χ0v) is 7.30. The average Bonchev–Trinajstić information content (AvgIpc) is 2.18. The van der Waals surface area contributed by atoms with Gasteiger partial charge in [-0.25, -0.2) is 0 Å². The second-order valence-electron chi connectivity index (χ2n) is 2.49. The van der Waals surface area contributed by atoms with Gasteiger partial charge in [0.05, 0.1) is 37.2 Å². The van der Waals surface area contributed by atoms with E-state index in [1.54, 1.807) is 19.1 Å². The predicted octanol–water partition coefficient (Wildman–Crippen LogP) is 1.26. The van der Waals surface area contributed by atoms with Crippen LogP contribution in [0, 0.1) is 45.8 Å². The molecule has 0 aliphatic carbocycles. The van der Waals surface area contributed by atoms with Gasteiger partial charge < -0.3 is 0 Å². The van der Waals surface area contributed by atoms with Crippen LogP contribution in [0.1, 0.15) is 6.92 Å². The van der Waals surface area contributed by atoms with Crippen molar-refractivity contribution >= 4 is 0 Å². The van der Waals surface area contributed by atoms with Gasteiger partial charge in [-0.3, -0.25) is 0 Å². The van der Waals surface area contributed by atoms with Crippen molar-refractivity contribution < 1.29 is 0 Å². The van der Waals surface area contributed by atoms with E-state index in [1.807, 2.05) is 6.07 Å². The Kier molecular flexibility index (Phi) is 5.76. The molecular formula is C8H9N5. The molecule has 0 aromatic heterocycles. The molecule has 0 aromatic carbocycles. The van der Waals surface area contributed by atoms with E-state index in [-0.39, 0.29) is 12.5 Å². The molecule has 1 atom stereocenters. The zero-order valence-electron chi connectivity index (χ0n) is 7.30. The van der Waals surface area contributed by atoms with E-state index in [1.165, 1.54) is 0 Å². The Morgan fingerprint density at radius 1 is 1.00 bits per heavy atom. The molecule has 0 fully saturated rings.